The van der Waals surface area contributed by atoms with Crippen LogP contribution in [0.3, 0.4) is 0 Å². The van der Waals surface area contributed by atoms with Crippen molar-refractivity contribution in [3.05, 3.63) is 60.2 Å². The fraction of sp³-hybridized carbons (Fsp3) is 0.308. The molecule has 2 aliphatic heterocycles. The van der Waals surface area contributed by atoms with Gasteiger partial charge in [-0.2, -0.15) is 0 Å². The number of hydrogen-bond donors (Lipinski definition) is 3. The lowest BCUT2D eigenvalue weighted by molar-refractivity contribution is -0.119. The first-order valence-corrected chi connectivity index (χ1v) is 11.5. The van der Waals surface area contributed by atoms with Crippen molar-refractivity contribution in [2.24, 2.45) is 0 Å². The van der Waals surface area contributed by atoms with E-state index in [1.54, 1.807) is 7.11 Å². The zero-order valence-electron chi connectivity index (χ0n) is 19.1. The quantitative estimate of drug-likeness (QED) is 0.473. The van der Waals surface area contributed by atoms with Gasteiger partial charge in [0.05, 0.1) is 12.8 Å². The van der Waals surface area contributed by atoms with Crippen LogP contribution in [0.5, 0.6) is 17.4 Å². The first-order chi connectivity index (χ1) is 16.7. The molecule has 8 nitrogen and oxygen atoms in total. The van der Waals surface area contributed by atoms with Gasteiger partial charge >= 0.3 is 0 Å². The molecule has 2 aromatic carbocycles. The monoisotopic (exact) mass is 460 g/mol. The number of nitrogens with one attached hydrogen (secondary N) is 3. The number of hydrogen-bond acceptors (Lipinski definition) is 7. The minimum atomic E-state index is 0.139. The second-order valence-corrected chi connectivity index (χ2v) is 8.34. The van der Waals surface area contributed by atoms with Crippen LogP contribution < -0.4 is 30.2 Å². The number of pyridine rings is 1. The maximum Gasteiger partial charge on any atom is 0.238 e. The Bertz CT molecular complexity index is 1180. The van der Waals surface area contributed by atoms with Gasteiger partial charge in [0.15, 0.2) is 11.5 Å². The summed E-state index contributed by atoms with van der Waals surface area (Å²) in [5.41, 5.74) is 4.48. The molecule has 2 aliphatic rings. The summed E-state index contributed by atoms with van der Waals surface area (Å²) in [5.74, 6) is 2.07. The molecule has 0 radical (unpaired) electrons. The van der Waals surface area contributed by atoms with E-state index >= 15 is 0 Å². The number of rotatable bonds is 8. The van der Waals surface area contributed by atoms with Gasteiger partial charge in [-0.3, -0.25) is 4.79 Å². The highest BCUT2D eigenvalue weighted by Crippen LogP contribution is 2.40. The Morgan fingerprint density at radius 1 is 1.12 bits per heavy atom. The lowest BCUT2D eigenvalue weighted by Crippen LogP contribution is -2.35. The van der Waals surface area contributed by atoms with Crippen LogP contribution in [-0.4, -0.2) is 43.8 Å². The molecule has 0 spiro atoms. The van der Waals surface area contributed by atoms with Gasteiger partial charge in [-0.1, -0.05) is 18.2 Å². The van der Waals surface area contributed by atoms with Crippen molar-refractivity contribution >= 4 is 17.3 Å². The van der Waals surface area contributed by atoms with Gasteiger partial charge in [-0.15, -0.1) is 0 Å². The highest BCUT2D eigenvalue weighted by molar-refractivity contribution is 5.78. The summed E-state index contributed by atoms with van der Waals surface area (Å²) in [4.78, 5) is 16.1. The number of ether oxygens (including phenoxy) is 3. The van der Waals surface area contributed by atoms with Crippen LogP contribution in [0.1, 0.15) is 18.4 Å². The molecule has 176 valence electrons. The van der Waals surface area contributed by atoms with E-state index in [0.717, 1.165) is 53.5 Å². The van der Waals surface area contributed by atoms with Gasteiger partial charge in [0.25, 0.3) is 0 Å². The van der Waals surface area contributed by atoms with Crippen LogP contribution in [-0.2, 0) is 11.3 Å². The molecule has 0 aliphatic carbocycles. The molecule has 1 aromatic heterocycles. The van der Waals surface area contributed by atoms with Crippen molar-refractivity contribution in [1.82, 2.24) is 15.6 Å². The fourth-order valence-electron chi connectivity index (χ4n) is 4.25. The lowest BCUT2D eigenvalue weighted by Gasteiger charge is -2.21. The van der Waals surface area contributed by atoms with Crippen molar-refractivity contribution in [3.63, 3.8) is 0 Å². The molecule has 1 amide bonds. The number of carbonyl (C=O) groups excluding carboxylic acids is 1. The molecule has 1 fully saturated rings. The highest BCUT2D eigenvalue weighted by Gasteiger charge is 2.20. The summed E-state index contributed by atoms with van der Waals surface area (Å²) in [6.45, 7) is 2.54. The van der Waals surface area contributed by atoms with Crippen LogP contribution in [0.15, 0.2) is 54.6 Å². The molecule has 0 bridgehead atoms. The second-order valence-electron chi connectivity index (χ2n) is 8.34. The number of aromatic nitrogens is 1. The van der Waals surface area contributed by atoms with E-state index in [1.165, 1.54) is 0 Å². The van der Waals surface area contributed by atoms with Gasteiger partial charge < -0.3 is 30.2 Å². The van der Waals surface area contributed by atoms with Crippen molar-refractivity contribution in [1.29, 1.82) is 0 Å². The number of carbonyl (C=O) groups is 1. The average Bonchev–Trinajstić information content (AvgIpc) is 3.29. The van der Waals surface area contributed by atoms with Gasteiger partial charge in [-0.05, 0) is 48.4 Å². The number of nitrogens with zero attached hydrogens (tertiary/aromatic N) is 1. The van der Waals surface area contributed by atoms with Gasteiger partial charge in [-0.25, -0.2) is 4.98 Å². The van der Waals surface area contributed by atoms with Crippen molar-refractivity contribution in [3.8, 4) is 28.6 Å². The van der Waals surface area contributed by atoms with E-state index in [1.807, 2.05) is 42.5 Å². The Hall–Kier alpha value is -3.78. The van der Waals surface area contributed by atoms with Crippen LogP contribution in [0.2, 0.25) is 0 Å². The largest absolute Gasteiger partial charge is 0.486 e. The van der Waals surface area contributed by atoms with E-state index in [0.29, 0.717) is 31.3 Å². The number of anilines is 2. The average molecular weight is 461 g/mol. The normalized spacial score (nSPS) is 16.7. The van der Waals surface area contributed by atoms with Crippen LogP contribution in [0.25, 0.3) is 11.3 Å². The lowest BCUT2D eigenvalue weighted by atomic mass is 10.1. The van der Waals surface area contributed by atoms with Crippen molar-refractivity contribution in [2.45, 2.75) is 25.4 Å². The van der Waals surface area contributed by atoms with Crippen molar-refractivity contribution in [2.75, 3.05) is 32.2 Å². The van der Waals surface area contributed by atoms with E-state index < -0.39 is 0 Å². The maximum atomic E-state index is 11.3. The fourth-order valence-corrected chi connectivity index (χ4v) is 4.25. The molecule has 5 rings (SSSR count). The third-order valence-electron chi connectivity index (χ3n) is 5.91. The van der Waals surface area contributed by atoms with E-state index in [9.17, 15) is 4.79 Å². The first kappa shape index (κ1) is 22.0. The molecule has 3 N–H and O–H groups in total. The molecular formula is C26H28N4O4. The molecule has 3 aromatic rings. The topological polar surface area (TPSA) is 93.7 Å². The molecule has 1 atom stereocenters. The molecule has 8 heteroatoms. The summed E-state index contributed by atoms with van der Waals surface area (Å²) in [7, 11) is 1.61. The number of para-hydroxylation sites is 1. The minimum Gasteiger partial charge on any atom is -0.486 e. The summed E-state index contributed by atoms with van der Waals surface area (Å²) in [6, 6.07) is 18.1. The molecule has 1 saturated heterocycles. The maximum absolute atomic E-state index is 11.3. The summed E-state index contributed by atoms with van der Waals surface area (Å²) in [5, 5.41) is 9.82. The Labute approximate surface area is 198 Å². The second kappa shape index (κ2) is 10.0. The molecular weight excluding hydrogens is 432 g/mol. The van der Waals surface area contributed by atoms with Gasteiger partial charge in [0.2, 0.25) is 11.8 Å². The zero-order valence-corrected chi connectivity index (χ0v) is 19.1. The first-order valence-electron chi connectivity index (χ1n) is 11.5. The number of methoxy groups -OCH3 is 1. The van der Waals surface area contributed by atoms with Crippen LogP contribution in [0.4, 0.5) is 11.4 Å². The Kier molecular flexibility index (Phi) is 6.49. The Morgan fingerprint density at radius 2 is 2.00 bits per heavy atom. The predicted molar refractivity (Wildman–Crippen MR) is 130 cm³/mol. The smallest absolute Gasteiger partial charge is 0.238 e. The molecule has 0 saturated carbocycles. The molecule has 3 heterocycles. The molecule has 34 heavy (non-hydrogen) atoms. The molecule has 1 unspecified atom stereocenters. The summed E-state index contributed by atoms with van der Waals surface area (Å²) in [6.07, 6.45) is 1.51. The van der Waals surface area contributed by atoms with Gasteiger partial charge in [0.1, 0.15) is 18.9 Å². The summed E-state index contributed by atoms with van der Waals surface area (Å²) >= 11 is 0. The van der Waals surface area contributed by atoms with Crippen LogP contribution >= 0.6 is 0 Å². The minimum absolute atomic E-state index is 0.139. The Balaban J connectivity index is 1.28. The SMILES string of the molecule is COc1nc(-c2cccc3c2OCCO3)ccc1Nc1cccc(CNCC2CCC(=O)N2)c1. The third kappa shape index (κ3) is 4.92. The predicted octanol–water partition coefficient (Wildman–Crippen LogP) is 3.64. The van der Waals surface area contributed by atoms with E-state index in [4.69, 9.17) is 19.2 Å². The standard InChI is InChI=1S/C26H28N4O4/c1-32-26-22(10-9-21(30-26)20-6-3-7-23-25(20)34-13-12-33-23)28-18-5-2-4-17(14-18)15-27-16-19-8-11-24(31)29-19/h2-7,9-10,14,19,27-28H,8,11-13,15-16H2,1H3,(H,29,31). The van der Waals surface area contributed by atoms with E-state index in [2.05, 4.69) is 28.1 Å². The number of amides is 1. The third-order valence-corrected chi connectivity index (χ3v) is 5.91. The van der Waals surface area contributed by atoms with E-state index in [-0.39, 0.29) is 11.9 Å². The zero-order chi connectivity index (χ0) is 23.3. The number of fused-ring (bicyclic) bond motifs is 1. The highest BCUT2D eigenvalue weighted by atomic mass is 16.6. The van der Waals surface area contributed by atoms with Crippen molar-refractivity contribution < 1.29 is 19.0 Å². The van der Waals surface area contributed by atoms with Crippen LogP contribution in [0, 0.1) is 0 Å². The summed E-state index contributed by atoms with van der Waals surface area (Å²) < 4.78 is 17.1. The van der Waals surface area contributed by atoms with Gasteiger partial charge in [0, 0.05) is 36.8 Å². The number of benzene rings is 2. The Morgan fingerprint density at radius 3 is 2.85 bits per heavy atom.